The van der Waals surface area contributed by atoms with Gasteiger partial charge < -0.3 is 4.74 Å². The molecule has 1 unspecified atom stereocenters. The zero-order valence-corrected chi connectivity index (χ0v) is 8.89. The molecule has 0 rings (SSSR count). The van der Waals surface area contributed by atoms with E-state index in [2.05, 4.69) is 33.0 Å². The molecule has 0 aliphatic heterocycles. The fourth-order valence-electron chi connectivity index (χ4n) is 0.865. The summed E-state index contributed by atoms with van der Waals surface area (Å²) in [6, 6.07) is 0. The maximum absolute atomic E-state index is 5.52. The van der Waals surface area contributed by atoms with Crippen molar-refractivity contribution in [1.29, 1.82) is 0 Å². The van der Waals surface area contributed by atoms with Gasteiger partial charge >= 0.3 is 0 Å². The molecule has 0 saturated heterocycles. The minimum Gasteiger partial charge on any atom is -0.364 e. The van der Waals surface area contributed by atoms with E-state index in [1.807, 2.05) is 0 Å². The number of rotatable bonds is 7. The van der Waals surface area contributed by atoms with Gasteiger partial charge in [0, 0.05) is 6.61 Å². The molecule has 0 spiro atoms. The summed E-state index contributed by atoms with van der Waals surface area (Å²) in [5, 5.41) is 3.32. The monoisotopic (exact) mass is 173 g/mol. The fraction of sp³-hybridized carbons (Fsp3) is 1.00. The Balaban J connectivity index is 3.15. The highest BCUT2D eigenvalue weighted by Gasteiger charge is 2.00. The van der Waals surface area contributed by atoms with E-state index >= 15 is 0 Å². The second kappa shape index (κ2) is 7.56. The maximum Gasteiger partial charge on any atom is 0.105 e. The summed E-state index contributed by atoms with van der Waals surface area (Å²) in [5.41, 5.74) is 0. The van der Waals surface area contributed by atoms with E-state index in [1.54, 1.807) is 0 Å². The zero-order chi connectivity index (χ0) is 9.40. The lowest BCUT2D eigenvalue weighted by Gasteiger charge is -2.15. The quantitative estimate of drug-likeness (QED) is 0.471. The molecule has 1 atom stereocenters. The smallest absolute Gasteiger partial charge is 0.105 e. The molecule has 0 aromatic rings. The Morgan fingerprint density at radius 3 is 2.42 bits per heavy atom. The molecule has 0 aliphatic rings. The predicted octanol–water partition coefficient (Wildman–Crippen LogP) is 2.39. The summed E-state index contributed by atoms with van der Waals surface area (Å²) in [5.74, 6) is 0.697. The molecular weight excluding hydrogens is 150 g/mol. The van der Waals surface area contributed by atoms with Crippen LogP contribution in [0.15, 0.2) is 0 Å². The summed E-state index contributed by atoms with van der Waals surface area (Å²) >= 11 is 0. The van der Waals surface area contributed by atoms with E-state index in [1.165, 1.54) is 6.42 Å². The molecule has 1 N–H and O–H groups in total. The molecule has 0 radical (unpaired) electrons. The fourth-order valence-corrected chi connectivity index (χ4v) is 0.865. The third-order valence-electron chi connectivity index (χ3n) is 1.68. The molecule has 0 saturated carbocycles. The van der Waals surface area contributed by atoms with E-state index in [9.17, 15) is 0 Å². The average molecular weight is 173 g/mol. The highest BCUT2D eigenvalue weighted by Crippen LogP contribution is 1.94. The van der Waals surface area contributed by atoms with Crippen molar-refractivity contribution >= 4 is 0 Å². The van der Waals surface area contributed by atoms with Crippen molar-refractivity contribution in [1.82, 2.24) is 5.32 Å². The van der Waals surface area contributed by atoms with Crippen molar-refractivity contribution in [3.63, 3.8) is 0 Å². The summed E-state index contributed by atoms with van der Waals surface area (Å²) in [6.45, 7) is 10.6. The van der Waals surface area contributed by atoms with E-state index in [0.29, 0.717) is 5.92 Å². The van der Waals surface area contributed by atoms with Crippen LogP contribution in [0.2, 0.25) is 0 Å². The number of nitrogens with one attached hydrogen (secondary N) is 1. The van der Waals surface area contributed by atoms with Gasteiger partial charge in [-0.3, -0.25) is 5.32 Å². The van der Waals surface area contributed by atoms with Crippen molar-refractivity contribution in [2.75, 3.05) is 13.2 Å². The van der Waals surface area contributed by atoms with Gasteiger partial charge in [-0.05, 0) is 25.8 Å². The van der Waals surface area contributed by atoms with Crippen LogP contribution < -0.4 is 5.32 Å². The molecule has 12 heavy (non-hydrogen) atoms. The van der Waals surface area contributed by atoms with Crippen LogP contribution in [0.3, 0.4) is 0 Å². The summed E-state index contributed by atoms with van der Waals surface area (Å²) in [4.78, 5) is 0. The normalized spacial score (nSPS) is 13.8. The average Bonchev–Trinajstić information content (AvgIpc) is 2.01. The van der Waals surface area contributed by atoms with Crippen LogP contribution in [0.25, 0.3) is 0 Å². The molecule has 2 nitrogen and oxygen atoms in total. The van der Waals surface area contributed by atoms with Crippen LogP contribution in [-0.2, 0) is 4.74 Å². The third kappa shape index (κ3) is 8.02. The van der Waals surface area contributed by atoms with Gasteiger partial charge in [-0.25, -0.2) is 0 Å². The van der Waals surface area contributed by atoms with Gasteiger partial charge in [0.05, 0.1) is 0 Å². The second-order valence-electron chi connectivity index (χ2n) is 3.67. The first kappa shape index (κ1) is 11.9. The van der Waals surface area contributed by atoms with E-state index in [-0.39, 0.29) is 6.23 Å². The van der Waals surface area contributed by atoms with Gasteiger partial charge in [0.1, 0.15) is 6.23 Å². The predicted molar refractivity (Wildman–Crippen MR) is 53.2 cm³/mol. The number of ether oxygens (including phenoxy) is 1. The van der Waals surface area contributed by atoms with Crippen molar-refractivity contribution in [3.05, 3.63) is 0 Å². The van der Waals surface area contributed by atoms with Crippen LogP contribution in [-0.4, -0.2) is 19.4 Å². The topological polar surface area (TPSA) is 21.3 Å². The summed E-state index contributed by atoms with van der Waals surface area (Å²) in [6.07, 6.45) is 2.57. The van der Waals surface area contributed by atoms with Crippen molar-refractivity contribution in [2.24, 2.45) is 5.92 Å². The van der Waals surface area contributed by atoms with E-state index in [4.69, 9.17) is 4.74 Å². The summed E-state index contributed by atoms with van der Waals surface area (Å²) in [7, 11) is 0. The standard InChI is InChI=1S/C10H23NO/c1-5-6-7-12-10(4)11-8-9(2)3/h9-11H,5-8H2,1-4H3. The molecule has 0 aliphatic carbocycles. The van der Waals surface area contributed by atoms with Crippen molar-refractivity contribution in [3.8, 4) is 0 Å². The lowest BCUT2D eigenvalue weighted by molar-refractivity contribution is 0.0391. The molecule has 0 fully saturated rings. The van der Waals surface area contributed by atoms with E-state index < -0.39 is 0 Å². The molecule has 0 heterocycles. The Morgan fingerprint density at radius 1 is 1.25 bits per heavy atom. The van der Waals surface area contributed by atoms with Gasteiger partial charge in [-0.1, -0.05) is 27.2 Å². The first-order valence-electron chi connectivity index (χ1n) is 5.01. The van der Waals surface area contributed by atoms with Crippen LogP contribution >= 0.6 is 0 Å². The highest BCUT2D eigenvalue weighted by atomic mass is 16.5. The van der Waals surface area contributed by atoms with Gasteiger partial charge in [0.2, 0.25) is 0 Å². The minimum absolute atomic E-state index is 0.207. The van der Waals surface area contributed by atoms with Crippen LogP contribution in [0.4, 0.5) is 0 Å². The van der Waals surface area contributed by atoms with Gasteiger partial charge in [-0.2, -0.15) is 0 Å². The molecule has 0 amide bonds. The number of hydrogen-bond acceptors (Lipinski definition) is 2. The molecule has 74 valence electrons. The minimum atomic E-state index is 0.207. The van der Waals surface area contributed by atoms with Crippen molar-refractivity contribution < 1.29 is 4.74 Å². The van der Waals surface area contributed by atoms with Gasteiger partial charge in [0.25, 0.3) is 0 Å². The first-order valence-corrected chi connectivity index (χ1v) is 5.01. The second-order valence-corrected chi connectivity index (χ2v) is 3.67. The number of unbranched alkanes of at least 4 members (excludes halogenated alkanes) is 1. The lowest BCUT2D eigenvalue weighted by atomic mass is 10.2. The Bertz CT molecular complexity index is 93.8. The SMILES string of the molecule is CCCCOC(C)NCC(C)C. The van der Waals surface area contributed by atoms with Crippen molar-refractivity contribution in [2.45, 2.75) is 46.8 Å². The van der Waals surface area contributed by atoms with Crippen LogP contribution in [0.1, 0.15) is 40.5 Å². The Hall–Kier alpha value is -0.0800. The zero-order valence-electron chi connectivity index (χ0n) is 8.89. The molecular formula is C10H23NO. The summed E-state index contributed by atoms with van der Waals surface area (Å²) < 4.78 is 5.52. The van der Waals surface area contributed by atoms with Crippen LogP contribution in [0, 0.1) is 5.92 Å². The highest BCUT2D eigenvalue weighted by molar-refractivity contribution is 4.52. The largest absolute Gasteiger partial charge is 0.364 e. The maximum atomic E-state index is 5.52. The van der Waals surface area contributed by atoms with E-state index in [0.717, 1.165) is 19.6 Å². The Kier molecular flexibility index (Phi) is 7.51. The molecule has 0 aromatic heterocycles. The third-order valence-corrected chi connectivity index (χ3v) is 1.68. The van der Waals surface area contributed by atoms with Gasteiger partial charge in [-0.15, -0.1) is 0 Å². The first-order chi connectivity index (χ1) is 5.66. The van der Waals surface area contributed by atoms with Gasteiger partial charge in [0.15, 0.2) is 0 Å². The van der Waals surface area contributed by atoms with Crippen LogP contribution in [0.5, 0.6) is 0 Å². The Labute approximate surface area is 76.7 Å². The lowest BCUT2D eigenvalue weighted by Crippen LogP contribution is -2.32. The molecule has 2 heteroatoms. The number of hydrogen-bond donors (Lipinski definition) is 1. The molecule has 0 bridgehead atoms. The Morgan fingerprint density at radius 2 is 1.92 bits per heavy atom. The molecule has 0 aromatic carbocycles.